The van der Waals surface area contributed by atoms with E-state index >= 15 is 0 Å². The zero-order valence-corrected chi connectivity index (χ0v) is 19.5. The van der Waals surface area contributed by atoms with Crippen LogP contribution in [0.25, 0.3) is 0 Å². The molecular formula is C21H29N5O3S2. The van der Waals surface area contributed by atoms with Crippen molar-refractivity contribution in [3.8, 4) is 0 Å². The molecule has 0 radical (unpaired) electrons. The predicted molar refractivity (Wildman–Crippen MR) is 122 cm³/mol. The largest absolute Gasteiger partial charge is 0.383 e. The zero-order chi connectivity index (χ0) is 21.6. The number of thioether (sulfide) groups is 1. The van der Waals surface area contributed by atoms with E-state index in [0.29, 0.717) is 23.7 Å². The summed E-state index contributed by atoms with van der Waals surface area (Å²) in [6.07, 6.45) is 8.45. The second-order valence-electron chi connectivity index (χ2n) is 7.86. The van der Waals surface area contributed by atoms with Gasteiger partial charge in [-0.1, -0.05) is 18.2 Å². The number of aryl methyl sites for hydroxylation is 2. The molecule has 1 aliphatic heterocycles. The maximum absolute atomic E-state index is 12.9. The summed E-state index contributed by atoms with van der Waals surface area (Å²) in [5, 5.41) is 15.9. The number of aromatic nitrogens is 3. The van der Waals surface area contributed by atoms with Gasteiger partial charge in [-0.15, -0.1) is 21.5 Å². The standard InChI is InChI=1S/C21H29N5O3S2/c1-29-12-10-22-19(28)18-14-7-4-5-8-15(14)31-20(18)23-17(27)13-30-21-25-24-16-9-3-2-6-11-26(16)21/h2-13H2,1H3,(H,22,28)(H,23,27). The molecule has 2 amide bonds. The third kappa shape index (κ3) is 5.30. The van der Waals surface area contributed by atoms with Crippen LogP contribution in [0, 0.1) is 0 Å². The summed E-state index contributed by atoms with van der Waals surface area (Å²) >= 11 is 2.95. The highest BCUT2D eigenvalue weighted by Crippen LogP contribution is 2.38. The molecule has 1 aliphatic carbocycles. The molecule has 0 aromatic carbocycles. The van der Waals surface area contributed by atoms with Gasteiger partial charge < -0.3 is 19.9 Å². The maximum atomic E-state index is 12.9. The average molecular weight is 464 g/mol. The van der Waals surface area contributed by atoms with Gasteiger partial charge in [-0.2, -0.15) is 0 Å². The van der Waals surface area contributed by atoms with Crippen molar-refractivity contribution in [1.29, 1.82) is 0 Å². The Hall–Kier alpha value is -1.91. The number of nitrogens with one attached hydrogen (secondary N) is 2. The van der Waals surface area contributed by atoms with Crippen molar-refractivity contribution in [3.63, 3.8) is 0 Å². The lowest BCUT2D eigenvalue weighted by molar-refractivity contribution is -0.113. The Morgan fingerprint density at radius 3 is 2.84 bits per heavy atom. The molecule has 8 nitrogen and oxygen atoms in total. The number of hydrogen-bond donors (Lipinski definition) is 2. The summed E-state index contributed by atoms with van der Waals surface area (Å²) in [5.41, 5.74) is 1.72. The van der Waals surface area contributed by atoms with Crippen LogP contribution in [-0.2, 0) is 35.3 Å². The average Bonchev–Trinajstić information content (AvgIpc) is 3.24. The molecule has 10 heteroatoms. The van der Waals surface area contributed by atoms with Gasteiger partial charge in [-0.25, -0.2) is 0 Å². The molecule has 0 spiro atoms. The molecule has 2 aromatic heterocycles. The van der Waals surface area contributed by atoms with E-state index in [4.69, 9.17) is 4.74 Å². The molecule has 31 heavy (non-hydrogen) atoms. The number of thiophene rings is 1. The second-order valence-corrected chi connectivity index (χ2v) is 9.91. The minimum atomic E-state index is -0.137. The number of rotatable bonds is 8. The van der Waals surface area contributed by atoms with Gasteiger partial charge in [0.25, 0.3) is 5.91 Å². The smallest absolute Gasteiger partial charge is 0.254 e. The topological polar surface area (TPSA) is 98.1 Å². The fourth-order valence-corrected chi connectivity index (χ4v) is 6.19. The molecule has 3 heterocycles. The predicted octanol–water partition coefficient (Wildman–Crippen LogP) is 3.05. The third-order valence-corrected chi connectivity index (χ3v) is 7.82. The maximum Gasteiger partial charge on any atom is 0.254 e. The van der Waals surface area contributed by atoms with E-state index in [-0.39, 0.29) is 17.6 Å². The molecule has 2 aliphatic rings. The summed E-state index contributed by atoms with van der Waals surface area (Å²) in [6.45, 7) is 1.82. The minimum absolute atomic E-state index is 0.125. The van der Waals surface area contributed by atoms with Gasteiger partial charge in [0.2, 0.25) is 5.91 Å². The number of carbonyl (C=O) groups is 2. The first-order valence-electron chi connectivity index (χ1n) is 10.9. The zero-order valence-electron chi connectivity index (χ0n) is 17.9. The van der Waals surface area contributed by atoms with Crippen LogP contribution in [0.3, 0.4) is 0 Å². The van der Waals surface area contributed by atoms with Gasteiger partial charge in [-0.3, -0.25) is 9.59 Å². The molecule has 0 saturated carbocycles. The molecular weight excluding hydrogens is 434 g/mol. The normalized spacial score (nSPS) is 15.6. The third-order valence-electron chi connectivity index (χ3n) is 5.65. The lowest BCUT2D eigenvalue weighted by Gasteiger charge is -2.13. The fraction of sp³-hybridized carbons (Fsp3) is 0.619. The van der Waals surface area contributed by atoms with E-state index in [1.807, 2.05) is 0 Å². The Morgan fingerprint density at radius 2 is 1.97 bits per heavy atom. The number of methoxy groups -OCH3 is 1. The fourth-order valence-electron chi connectivity index (χ4n) is 4.11. The van der Waals surface area contributed by atoms with Crippen molar-refractivity contribution < 1.29 is 14.3 Å². The summed E-state index contributed by atoms with van der Waals surface area (Å²) in [7, 11) is 1.61. The van der Waals surface area contributed by atoms with Crippen LogP contribution in [0.15, 0.2) is 5.16 Å². The highest BCUT2D eigenvalue weighted by atomic mass is 32.2. The molecule has 0 unspecified atom stereocenters. The Bertz CT molecular complexity index is 940. The number of anilines is 1. The van der Waals surface area contributed by atoms with E-state index in [2.05, 4.69) is 25.4 Å². The summed E-state index contributed by atoms with van der Waals surface area (Å²) in [4.78, 5) is 26.8. The van der Waals surface area contributed by atoms with Crippen molar-refractivity contribution in [2.24, 2.45) is 0 Å². The van der Waals surface area contributed by atoms with Gasteiger partial charge >= 0.3 is 0 Å². The first kappa shape index (κ1) is 22.3. The van der Waals surface area contributed by atoms with Gasteiger partial charge in [0, 0.05) is 31.5 Å². The van der Waals surface area contributed by atoms with Gasteiger partial charge in [-0.05, 0) is 44.1 Å². The molecule has 0 atom stereocenters. The summed E-state index contributed by atoms with van der Waals surface area (Å²) < 4.78 is 7.18. The van der Waals surface area contributed by atoms with Gasteiger partial charge in [0.15, 0.2) is 5.16 Å². The Kier molecular flexibility index (Phi) is 7.62. The number of hydrogen-bond acceptors (Lipinski definition) is 7. The first-order chi connectivity index (χ1) is 15.2. The van der Waals surface area contributed by atoms with Crippen molar-refractivity contribution in [2.45, 2.75) is 63.1 Å². The van der Waals surface area contributed by atoms with Crippen molar-refractivity contribution in [2.75, 3.05) is 31.3 Å². The molecule has 168 valence electrons. The van der Waals surface area contributed by atoms with Crippen molar-refractivity contribution in [3.05, 3.63) is 21.8 Å². The molecule has 0 saturated heterocycles. The molecule has 2 aromatic rings. The molecule has 0 fully saturated rings. The van der Waals surface area contributed by atoms with Crippen molar-refractivity contribution in [1.82, 2.24) is 20.1 Å². The van der Waals surface area contributed by atoms with Crippen molar-refractivity contribution >= 4 is 39.9 Å². The number of carbonyl (C=O) groups excluding carboxylic acids is 2. The molecule has 0 bridgehead atoms. The Morgan fingerprint density at radius 1 is 1.13 bits per heavy atom. The van der Waals surface area contributed by atoms with Crippen LogP contribution in [-0.4, -0.2) is 52.6 Å². The second kappa shape index (κ2) is 10.6. The van der Waals surface area contributed by atoms with Gasteiger partial charge in [0.05, 0.1) is 17.9 Å². The van der Waals surface area contributed by atoms with E-state index in [9.17, 15) is 9.59 Å². The van der Waals surface area contributed by atoms with Gasteiger partial charge in [0.1, 0.15) is 10.8 Å². The lowest BCUT2D eigenvalue weighted by Crippen LogP contribution is -2.29. The SMILES string of the molecule is COCCNC(=O)c1c(NC(=O)CSc2nnc3n2CCCCC3)sc2c1CCCC2. The highest BCUT2D eigenvalue weighted by molar-refractivity contribution is 7.99. The van der Waals surface area contributed by atoms with Crippen LogP contribution in [0.5, 0.6) is 0 Å². The minimum Gasteiger partial charge on any atom is -0.383 e. The van der Waals surface area contributed by atoms with E-state index in [0.717, 1.165) is 68.0 Å². The number of nitrogens with zero attached hydrogens (tertiary/aromatic N) is 3. The lowest BCUT2D eigenvalue weighted by atomic mass is 9.95. The monoisotopic (exact) mass is 463 g/mol. The van der Waals surface area contributed by atoms with E-state index in [1.54, 1.807) is 18.4 Å². The Balaban J connectivity index is 1.43. The highest BCUT2D eigenvalue weighted by Gasteiger charge is 2.26. The van der Waals surface area contributed by atoms with E-state index < -0.39 is 0 Å². The van der Waals surface area contributed by atoms with Crippen LogP contribution in [0.1, 0.15) is 58.7 Å². The Labute approximate surface area is 190 Å². The van der Waals surface area contributed by atoms with Crippen LogP contribution in [0.2, 0.25) is 0 Å². The summed E-state index contributed by atoms with van der Waals surface area (Å²) in [6, 6.07) is 0. The van der Waals surface area contributed by atoms with Crippen LogP contribution >= 0.6 is 23.1 Å². The molecule has 2 N–H and O–H groups in total. The molecule has 4 rings (SSSR count). The number of amides is 2. The first-order valence-corrected chi connectivity index (χ1v) is 12.7. The van der Waals surface area contributed by atoms with Crippen LogP contribution < -0.4 is 10.6 Å². The quantitative estimate of drug-likeness (QED) is 0.461. The number of fused-ring (bicyclic) bond motifs is 2. The van der Waals surface area contributed by atoms with E-state index in [1.165, 1.54) is 23.1 Å². The number of ether oxygens (including phenoxy) is 1. The van der Waals surface area contributed by atoms with Crippen LogP contribution in [0.4, 0.5) is 5.00 Å². The summed E-state index contributed by atoms with van der Waals surface area (Å²) in [5.74, 6) is 0.995.